The molecule has 4 nitrogen and oxygen atoms in total. The number of hydrogen-bond donors (Lipinski definition) is 0. The van der Waals surface area contributed by atoms with Gasteiger partial charge in [-0.3, -0.25) is 9.20 Å². The molecule has 0 saturated heterocycles. The molecule has 2 aromatic heterocycles. The third-order valence-electron chi connectivity index (χ3n) is 1.93. The van der Waals surface area contributed by atoms with E-state index in [2.05, 4.69) is 9.97 Å². The summed E-state index contributed by atoms with van der Waals surface area (Å²) < 4.78 is 1.80. The van der Waals surface area contributed by atoms with Crippen molar-refractivity contribution < 1.29 is 4.79 Å². The molecule has 13 heavy (non-hydrogen) atoms. The molecule has 2 rings (SSSR count). The van der Waals surface area contributed by atoms with E-state index in [1.807, 2.05) is 6.92 Å². The average Bonchev–Trinajstić information content (AvgIpc) is 2.49. The minimum Gasteiger partial charge on any atom is -0.293 e. The number of fused-ring (bicyclic) bond motifs is 1. The molecule has 2 heterocycles. The number of imidazole rings is 1. The third-order valence-corrected chi connectivity index (χ3v) is 1.93. The van der Waals surface area contributed by atoms with Gasteiger partial charge in [0.15, 0.2) is 5.78 Å². The normalized spacial score (nSPS) is 10.6. The largest absolute Gasteiger partial charge is 0.293 e. The van der Waals surface area contributed by atoms with Crippen molar-refractivity contribution in [2.24, 2.45) is 0 Å². The van der Waals surface area contributed by atoms with Crippen molar-refractivity contribution in [2.45, 2.75) is 13.8 Å². The zero-order chi connectivity index (χ0) is 9.42. The van der Waals surface area contributed by atoms with Crippen LogP contribution in [0.1, 0.15) is 23.2 Å². The first kappa shape index (κ1) is 7.91. The van der Waals surface area contributed by atoms with Gasteiger partial charge in [0.1, 0.15) is 17.2 Å². The number of rotatable bonds is 1. The van der Waals surface area contributed by atoms with Crippen molar-refractivity contribution in [1.82, 2.24) is 14.4 Å². The molecule has 0 aliphatic heterocycles. The van der Waals surface area contributed by atoms with E-state index in [1.165, 1.54) is 6.92 Å². The Morgan fingerprint density at radius 3 is 2.92 bits per heavy atom. The van der Waals surface area contributed by atoms with Crippen LogP contribution in [0.5, 0.6) is 0 Å². The Morgan fingerprint density at radius 2 is 2.31 bits per heavy atom. The SMILES string of the molecule is CC(=O)c1cn2c(C)nccc2n1. The summed E-state index contributed by atoms with van der Waals surface area (Å²) in [6, 6.07) is 1.78. The fourth-order valence-corrected chi connectivity index (χ4v) is 1.21. The van der Waals surface area contributed by atoms with Gasteiger partial charge in [-0.25, -0.2) is 9.97 Å². The second-order valence-electron chi connectivity index (χ2n) is 2.90. The number of ketones is 1. The molecule has 0 N–H and O–H groups in total. The van der Waals surface area contributed by atoms with E-state index in [1.54, 1.807) is 22.9 Å². The molecule has 0 aliphatic rings. The molecule has 0 fully saturated rings. The van der Waals surface area contributed by atoms with E-state index in [0.29, 0.717) is 5.69 Å². The molecule has 0 aliphatic carbocycles. The first-order chi connectivity index (χ1) is 6.18. The lowest BCUT2D eigenvalue weighted by Gasteiger charge is -1.94. The maximum absolute atomic E-state index is 11.0. The van der Waals surface area contributed by atoms with Crippen molar-refractivity contribution in [1.29, 1.82) is 0 Å². The second kappa shape index (κ2) is 2.65. The van der Waals surface area contributed by atoms with Crippen molar-refractivity contribution in [2.75, 3.05) is 0 Å². The van der Waals surface area contributed by atoms with Gasteiger partial charge < -0.3 is 0 Å². The van der Waals surface area contributed by atoms with Crippen LogP contribution in [0.25, 0.3) is 5.65 Å². The van der Waals surface area contributed by atoms with Gasteiger partial charge in [0.25, 0.3) is 0 Å². The summed E-state index contributed by atoms with van der Waals surface area (Å²) in [7, 11) is 0. The van der Waals surface area contributed by atoms with Crippen molar-refractivity contribution in [3.63, 3.8) is 0 Å². The molecule has 0 bridgehead atoms. The fourth-order valence-electron chi connectivity index (χ4n) is 1.21. The van der Waals surface area contributed by atoms with E-state index in [0.717, 1.165) is 11.5 Å². The van der Waals surface area contributed by atoms with E-state index >= 15 is 0 Å². The predicted molar refractivity (Wildman–Crippen MR) is 47.7 cm³/mol. The Balaban J connectivity index is 2.75. The van der Waals surface area contributed by atoms with Gasteiger partial charge in [-0.1, -0.05) is 0 Å². The van der Waals surface area contributed by atoms with Gasteiger partial charge in [0.05, 0.1) is 0 Å². The van der Waals surface area contributed by atoms with E-state index in [9.17, 15) is 4.79 Å². The van der Waals surface area contributed by atoms with Gasteiger partial charge in [-0.05, 0) is 13.0 Å². The van der Waals surface area contributed by atoms with Gasteiger partial charge >= 0.3 is 0 Å². The molecule has 0 radical (unpaired) electrons. The monoisotopic (exact) mass is 175 g/mol. The number of aromatic nitrogens is 3. The Hall–Kier alpha value is -1.71. The molecule has 4 heteroatoms. The Morgan fingerprint density at radius 1 is 1.54 bits per heavy atom. The van der Waals surface area contributed by atoms with E-state index in [-0.39, 0.29) is 5.78 Å². The van der Waals surface area contributed by atoms with Crippen LogP contribution in [0.4, 0.5) is 0 Å². The van der Waals surface area contributed by atoms with Crippen LogP contribution < -0.4 is 0 Å². The summed E-state index contributed by atoms with van der Waals surface area (Å²) in [5, 5.41) is 0. The quantitative estimate of drug-likeness (QED) is 0.612. The molecule has 0 aromatic carbocycles. The number of Topliss-reactive ketones (excluding diaryl/α,β-unsaturated/α-hetero) is 1. The van der Waals surface area contributed by atoms with Crippen LogP contribution in [0, 0.1) is 6.92 Å². The summed E-state index contributed by atoms with van der Waals surface area (Å²) in [6.45, 7) is 3.38. The summed E-state index contributed by atoms with van der Waals surface area (Å²) in [6.07, 6.45) is 3.39. The van der Waals surface area contributed by atoms with Gasteiger partial charge in [-0.2, -0.15) is 0 Å². The molecule has 0 amide bonds. The minimum absolute atomic E-state index is 0.0249. The predicted octanol–water partition coefficient (Wildman–Crippen LogP) is 1.24. The highest BCUT2D eigenvalue weighted by molar-refractivity contribution is 5.92. The Kier molecular flexibility index (Phi) is 1.62. The summed E-state index contributed by atoms with van der Waals surface area (Å²) >= 11 is 0. The molecule has 0 saturated carbocycles. The van der Waals surface area contributed by atoms with Gasteiger partial charge in [0.2, 0.25) is 0 Å². The maximum atomic E-state index is 11.0. The van der Waals surface area contributed by atoms with Crippen molar-refractivity contribution in [3.05, 3.63) is 30.0 Å². The van der Waals surface area contributed by atoms with Crippen LogP contribution in [0.15, 0.2) is 18.5 Å². The highest BCUT2D eigenvalue weighted by Gasteiger charge is 2.06. The standard InChI is InChI=1S/C9H9N3O/c1-6(13)8-5-12-7(2)10-4-3-9(12)11-8/h3-5H,1-2H3. The third kappa shape index (κ3) is 1.20. The lowest BCUT2D eigenvalue weighted by atomic mass is 10.3. The minimum atomic E-state index is -0.0249. The number of aryl methyl sites for hydroxylation is 1. The van der Waals surface area contributed by atoms with Crippen molar-refractivity contribution in [3.8, 4) is 0 Å². The molecule has 0 unspecified atom stereocenters. The zero-order valence-corrected chi connectivity index (χ0v) is 7.48. The van der Waals surface area contributed by atoms with Crippen LogP contribution in [0.2, 0.25) is 0 Å². The fraction of sp³-hybridized carbons (Fsp3) is 0.222. The first-order valence-electron chi connectivity index (χ1n) is 4.00. The zero-order valence-electron chi connectivity index (χ0n) is 7.48. The Bertz CT molecular complexity index is 473. The van der Waals surface area contributed by atoms with Crippen LogP contribution in [-0.2, 0) is 0 Å². The first-order valence-corrected chi connectivity index (χ1v) is 4.00. The number of carbonyl (C=O) groups is 1. The van der Waals surface area contributed by atoms with Crippen LogP contribution in [0.3, 0.4) is 0 Å². The van der Waals surface area contributed by atoms with Crippen molar-refractivity contribution >= 4 is 11.4 Å². The van der Waals surface area contributed by atoms with Crippen LogP contribution in [-0.4, -0.2) is 20.2 Å². The maximum Gasteiger partial charge on any atom is 0.179 e. The topological polar surface area (TPSA) is 47.3 Å². The summed E-state index contributed by atoms with van der Waals surface area (Å²) in [5.74, 6) is 0.806. The number of hydrogen-bond acceptors (Lipinski definition) is 3. The van der Waals surface area contributed by atoms with Gasteiger partial charge in [0, 0.05) is 19.3 Å². The number of nitrogens with zero attached hydrogens (tertiary/aromatic N) is 3. The van der Waals surface area contributed by atoms with Gasteiger partial charge in [-0.15, -0.1) is 0 Å². The lowest BCUT2D eigenvalue weighted by Crippen LogP contribution is -1.92. The molecule has 0 atom stereocenters. The highest BCUT2D eigenvalue weighted by atomic mass is 16.1. The molecule has 66 valence electrons. The van der Waals surface area contributed by atoms with E-state index < -0.39 is 0 Å². The average molecular weight is 175 g/mol. The number of carbonyl (C=O) groups excluding carboxylic acids is 1. The Labute approximate surface area is 75.2 Å². The smallest absolute Gasteiger partial charge is 0.179 e. The second-order valence-corrected chi connectivity index (χ2v) is 2.90. The highest BCUT2D eigenvalue weighted by Crippen LogP contribution is 2.06. The summed E-state index contributed by atoms with van der Waals surface area (Å²) in [5.41, 5.74) is 1.24. The molecule has 0 spiro atoms. The summed E-state index contributed by atoms with van der Waals surface area (Å²) in [4.78, 5) is 19.3. The lowest BCUT2D eigenvalue weighted by molar-refractivity contribution is 0.101. The molecular formula is C9H9N3O. The molecule has 2 aromatic rings. The molecular weight excluding hydrogens is 166 g/mol. The van der Waals surface area contributed by atoms with Crippen LogP contribution >= 0.6 is 0 Å². The van der Waals surface area contributed by atoms with E-state index in [4.69, 9.17) is 0 Å².